The van der Waals surface area contributed by atoms with Gasteiger partial charge in [0.15, 0.2) is 0 Å². The number of ether oxygens (including phenoxy) is 2. The Morgan fingerprint density at radius 3 is 2.55 bits per heavy atom. The molecule has 3 aliphatic rings. The first-order valence-corrected chi connectivity index (χ1v) is 14.4. The Morgan fingerprint density at radius 1 is 1.40 bits per heavy atom. The van der Waals surface area contributed by atoms with Crippen LogP contribution in [-0.4, -0.2) is 41.2 Å². The first-order chi connectivity index (χ1) is 9.71. The zero-order valence-electron chi connectivity index (χ0n) is 12.1. The van der Waals surface area contributed by atoms with Gasteiger partial charge < -0.3 is 0 Å². The maximum absolute atomic E-state index is 12.5. The third-order valence-corrected chi connectivity index (χ3v) is 13.7. The second kappa shape index (κ2) is 6.64. The van der Waals surface area contributed by atoms with Crippen LogP contribution in [0.15, 0.2) is 0 Å². The molecule has 2 atom stereocenters. The molecule has 0 spiro atoms. The number of carbonyl (C=O) groups excluding carboxylic acids is 1. The van der Waals surface area contributed by atoms with Gasteiger partial charge in [0.2, 0.25) is 0 Å². The summed E-state index contributed by atoms with van der Waals surface area (Å²) in [7, 11) is 0. The van der Waals surface area contributed by atoms with E-state index in [4.69, 9.17) is 9.47 Å². The Bertz CT molecular complexity index is 371. The summed E-state index contributed by atoms with van der Waals surface area (Å²) in [5.41, 5.74) is 0. The molecule has 0 aromatic rings. The van der Waals surface area contributed by atoms with Gasteiger partial charge in [-0.2, -0.15) is 0 Å². The van der Waals surface area contributed by atoms with Gasteiger partial charge in [0.1, 0.15) is 0 Å². The molecule has 0 aromatic heterocycles. The monoisotopic (exact) mass is 501 g/mol. The second-order valence-corrected chi connectivity index (χ2v) is 13.2. The molecule has 0 N–H and O–H groups in total. The van der Waals surface area contributed by atoms with E-state index in [1.807, 2.05) is 6.92 Å². The zero-order valence-corrected chi connectivity index (χ0v) is 16.4. The van der Waals surface area contributed by atoms with Crippen LogP contribution in [0.4, 0.5) is 0 Å². The van der Waals surface area contributed by atoms with Crippen LogP contribution in [0.25, 0.3) is 0 Å². The SMILES string of the molecule is CCOC(OC(=O)C([I-]C)C12[B]I1[B]2)C1CCCCC1. The molecular formula is C13H21B2I2O3-. The van der Waals surface area contributed by atoms with Crippen LogP contribution in [0.3, 0.4) is 0 Å². The predicted octanol–water partition coefficient (Wildman–Crippen LogP) is -1.01. The molecule has 112 valence electrons. The van der Waals surface area contributed by atoms with Crippen molar-refractivity contribution in [2.24, 2.45) is 5.92 Å². The van der Waals surface area contributed by atoms with Crippen LogP contribution in [0, 0.1) is 5.92 Å². The van der Waals surface area contributed by atoms with Crippen molar-refractivity contribution in [1.82, 2.24) is 0 Å². The third-order valence-electron chi connectivity index (χ3n) is 4.26. The number of esters is 1. The Hall–Kier alpha value is 1.02. The van der Waals surface area contributed by atoms with Crippen LogP contribution in [0.2, 0.25) is 0 Å². The fourth-order valence-electron chi connectivity index (χ4n) is 2.98. The van der Waals surface area contributed by atoms with Crippen molar-refractivity contribution in [2.75, 3.05) is 11.5 Å². The van der Waals surface area contributed by atoms with Gasteiger partial charge in [-0.05, 0) is 0 Å². The number of alkyl halides is 3. The summed E-state index contributed by atoms with van der Waals surface area (Å²) in [4.78, 5) is 14.7. The fourth-order valence-corrected chi connectivity index (χ4v) is 14.9. The van der Waals surface area contributed by atoms with E-state index in [0.29, 0.717) is 15.7 Å². The van der Waals surface area contributed by atoms with E-state index in [1.54, 1.807) is 0 Å². The molecule has 0 amide bonds. The fraction of sp³-hybridized carbons (Fsp3) is 0.923. The topological polar surface area (TPSA) is 35.5 Å². The molecule has 3 nitrogen and oxygen atoms in total. The van der Waals surface area contributed by atoms with Crippen LogP contribution in [0.5, 0.6) is 0 Å². The average molecular weight is 501 g/mol. The number of halogens is 2. The molecule has 0 aromatic carbocycles. The first-order valence-electron chi connectivity index (χ1n) is 7.40. The summed E-state index contributed by atoms with van der Waals surface area (Å²) in [6.45, 7) is 2.61. The predicted molar refractivity (Wildman–Crippen MR) is 86.1 cm³/mol. The molecule has 1 aliphatic carbocycles. The van der Waals surface area contributed by atoms with E-state index in [9.17, 15) is 4.79 Å². The quantitative estimate of drug-likeness (QED) is 0.148. The molecule has 20 heavy (non-hydrogen) atoms. The molecule has 2 saturated heterocycles. The van der Waals surface area contributed by atoms with E-state index in [2.05, 4.69) is 15.2 Å². The van der Waals surface area contributed by atoms with Crippen molar-refractivity contribution in [3.63, 3.8) is 0 Å². The van der Waals surface area contributed by atoms with Crippen LogP contribution in [-0.2, 0) is 14.3 Å². The van der Waals surface area contributed by atoms with Gasteiger partial charge in [-0.3, -0.25) is 0 Å². The van der Waals surface area contributed by atoms with Crippen LogP contribution in [0.1, 0.15) is 39.0 Å². The second-order valence-electron chi connectivity index (χ2n) is 5.63. The Labute approximate surface area is 140 Å². The van der Waals surface area contributed by atoms with E-state index in [1.165, 1.54) is 19.3 Å². The summed E-state index contributed by atoms with van der Waals surface area (Å²) in [5, 5.41) is 4.89. The molecule has 2 aliphatic heterocycles. The summed E-state index contributed by atoms with van der Waals surface area (Å²) in [5.74, 6) is 0.455. The molecule has 3 rings (SSSR count). The Balaban J connectivity index is 1.58. The standard InChI is InChI=1S/C13H21B2I2O3/c1-3-19-12(9-7-5-4-6-8-9)20-11(18)10(16-2)13-14-17(13)15-13/h9-10,12H,3-8H2,1-2H3/q-1. The molecular weight excluding hydrogens is 480 g/mol. The molecule has 2 radical (unpaired) electrons. The Kier molecular flexibility index (Phi) is 5.28. The average Bonchev–Trinajstić information content (AvgIpc) is 3.30. The molecule has 7 heteroatoms. The molecule has 3 fully saturated rings. The maximum atomic E-state index is 12.5. The minimum absolute atomic E-state index is 0.0362. The van der Waals surface area contributed by atoms with Crippen molar-refractivity contribution in [1.29, 1.82) is 0 Å². The summed E-state index contributed by atoms with van der Waals surface area (Å²) in [6, 6.07) is 0. The summed E-state index contributed by atoms with van der Waals surface area (Å²) >= 11 is -0.909. The van der Waals surface area contributed by atoms with Crippen molar-refractivity contribution in [3.05, 3.63) is 0 Å². The molecule has 2 unspecified atom stereocenters. The number of fused-ring (bicyclic) bond motifs is 1. The van der Waals surface area contributed by atoms with Gasteiger partial charge in [-0.1, -0.05) is 0 Å². The summed E-state index contributed by atoms with van der Waals surface area (Å²) in [6.07, 6.45) is 5.81. The normalized spacial score (nSPS) is 27.8. The van der Waals surface area contributed by atoms with Crippen molar-refractivity contribution >= 4 is 35.6 Å². The first kappa shape index (κ1) is 15.9. The minimum atomic E-state index is -0.811. The van der Waals surface area contributed by atoms with E-state index in [-0.39, 0.29) is 37.4 Å². The van der Waals surface area contributed by atoms with Crippen molar-refractivity contribution in [3.8, 4) is 0 Å². The van der Waals surface area contributed by atoms with E-state index in [0.717, 1.165) is 12.8 Å². The van der Waals surface area contributed by atoms with Gasteiger partial charge in [0.25, 0.3) is 0 Å². The van der Waals surface area contributed by atoms with E-state index < -0.39 is 19.4 Å². The number of hydrogen-bond donors (Lipinski definition) is 0. The van der Waals surface area contributed by atoms with Crippen molar-refractivity contribution in [2.45, 2.75) is 52.5 Å². The molecule has 0 bridgehead atoms. The van der Waals surface area contributed by atoms with Crippen LogP contribution >= 0.6 is 19.4 Å². The molecule has 2 heterocycles. The number of carbonyl (C=O) groups is 1. The molecule has 1 saturated carbocycles. The summed E-state index contributed by atoms with van der Waals surface area (Å²) < 4.78 is 12.1. The van der Waals surface area contributed by atoms with Gasteiger partial charge in [0, 0.05) is 0 Å². The number of rotatable bonds is 7. The Morgan fingerprint density at radius 2 is 2.05 bits per heavy atom. The van der Waals surface area contributed by atoms with E-state index >= 15 is 0 Å². The van der Waals surface area contributed by atoms with Crippen molar-refractivity contribution < 1.29 is 35.5 Å². The van der Waals surface area contributed by atoms with Crippen LogP contribution < -0.4 is 21.2 Å². The zero-order chi connectivity index (χ0) is 14.2. The van der Waals surface area contributed by atoms with Gasteiger partial charge in [-0.25, -0.2) is 0 Å². The van der Waals surface area contributed by atoms with Gasteiger partial charge in [0.05, 0.1) is 0 Å². The third kappa shape index (κ3) is 3.19. The number of hydrogen-bond acceptors (Lipinski definition) is 3. The van der Waals surface area contributed by atoms with Gasteiger partial charge >= 0.3 is 141 Å². The van der Waals surface area contributed by atoms with Gasteiger partial charge in [-0.15, -0.1) is 0 Å².